The van der Waals surface area contributed by atoms with Gasteiger partial charge in [-0.3, -0.25) is 14.4 Å². The maximum absolute atomic E-state index is 14.8. The molecule has 0 unspecified atom stereocenters. The van der Waals surface area contributed by atoms with Crippen LogP contribution in [0.3, 0.4) is 0 Å². The van der Waals surface area contributed by atoms with E-state index in [1.165, 1.54) is 4.90 Å². The van der Waals surface area contributed by atoms with Crippen molar-refractivity contribution in [1.82, 2.24) is 4.90 Å². The smallest absolute Gasteiger partial charge is 0.312 e. The first-order valence-electron chi connectivity index (χ1n) is 14.2. The third kappa shape index (κ3) is 4.24. The Morgan fingerprint density at radius 2 is 1.88 bits per heavy atom. The molecule has 2 amide bonds. The van der Waals surface area contributed by atoms with Gasteiger partial charge in [-0.05, 0) is 48.2 Å². The van der Waals surface area contributed by atoms with E-state index in [9.17, 15) is 19.5 Å². The summed E-state index contributed by atoms with van der Waals surface area (Å²) in [5, 5.41) is 12.7. The van der Waals surface area contributed by atoms with Crippen LogP contribution in [0.25, 0.3) is 10.8 Å². The van der Waals surface area contributed by atoms with Crippen LogP contribution in [0.4, 0.5) is 5.69 Å². The number of aliphatic hydroxyl groups is 1. The number of rotatable bonds is 9. The first-order valence-corrected chi connectivity index (χ1v) is 14.2. The van der Waals surface area contributed by atoms with Gasteiger partial charge in [-0.15, -0.1) is 6.58 Å². The number of nitrogens with zero attached hydrogens (tertiary/aromatic N) is 2. The van der Waals surface area contributed by atoms with Crippen molar-refractivity contribution in [2.75, 3.05) is 24.7 Å². The molecule has 2 bridgehead atoms. The lowest BCUT2D eigenvalue weighted by molar-refractivity contribution is -0.155. The van der Waals surface area contributed by atoms with Crippen molar-refractivity contribution in [2.24, 2.45) is 11.8 Å². The van der Waals surface area contributed by atoms with E-state index in [0.717, 1.165) is 10.8 Å². The summed E-state index contributed by atoms with van der Waals surface area (Å²) in [7, 11) is 0. The molecule has 212 valence electrons. The highest BCUT2D eigenvalue weighted by molar-refractivity contribution is 6.05. The van der Waals surface area contributed by atoms with Gasteiger partial charge in [-0.25, -0.2) is 0 Å². The molecule has 3 aromatic carbocycles. The predicted molar refractivity (Wildman–Crippen MR) is 154 cm³/mol. The highest BCUT2D eigenvalue weighted by atomic mass is 16.6. The number of fused-ring (bicyclic) bond motifs is 2. The van der Waals surface area contributed by atoms with Gasteiger partial charge in [0.05, 0.1) is 37.2 Å². The van der Waals surface area contributed by atoms with E-state index >= 15 is 0 Å². The number of benzene rings is 3. The quantitative estimate of drug-likeness (QED) is 0.317. The van der Waals surface area contributed by atoms with E-state index < -0.39 is 48.2 Å². The molecule has 3 aromatic rings. The topological polar surface area (TPSA) is 96.4 Å². The minimum Gasteiger partial charge on any atom is -0.466 e. The number of amides is 2. The summed E-state index contributed by atoms with van der Waals surface area (Å²) in [4.78, 5) is 45.5. The Morgan fingerprint density at radius 3 is 2.59 bits per heavy atom. The van der Waals surface area contributed by atoms with E-state index in [0.29, 0.717) is 24.1 Å². The van der Waals surface area contributed by atoms with Gasteiger partial charge in [0.15, 0.2) is 0 Å². The Morgan fingerprint density at radius 1 is 1.15 bits per heavy atom. The second-order valence-electron chi connectivity index (χ2n) is 10.9. The maximum Gasteiger partial charge on any atom is 0.312 e. The number of likely N-dealkylation sites (tertiary alicyclic amines) is 1. The zero-order chi connectivity index (χ0) is 28.7. The Bertz CT molecular complexity index is 1490. The van der Waals surface area contributed by atoms with E-state index in [1.807, 2.05) is 72.8 Å². The molecule has 3 aliphatic heterocycles. The average molecular weight is 555 g/mol. The lowest BCUT2D eigenvalue weighted by Gasteiger charge is -2.39. The molecule has 3 aliphatic rings. The van der Waals surface area contributed by atoms with E-state index in [4.69, 9.17) is 9.47 Å². The normalized spacial score (nSPS) is 27.1. The van der Waals surface area contributed by atoms with Crippen molar-refractivity contribution in [3.05, 3.63) is 91.0 Å². The van der Waals surface area contributed by atoms with Gasteiger partial charge < -0.3 is 24.4 Å². The number of anilines is 1. The van der Waals surface area contributed by atoms with Crippen molar-refractivity contribution in [2.45, 2.75) is 43.6 Å². The summed E-state index contributed by atoms with van der Waals surface area (Å²) in [5.41, 5.74) is 0.144. The SMILES string of the molecule is C=CCN(C(=O)[C@@H]1N([C@H](CO)c2ccccc2)C(=O)[C@H]2[C@H](C(=O)OCC)[C@@H]3CC[C@]12O3)c1ccc2ccccc2c1. The molecule has 3 saturated heterocycles. The molecule has 0 saturated carbocycles. The summed E-state index contributed by atoms with van der Waals surface area (Å²) in [6.07, 6.45) is 2.14. The minimum absolute atomic E-state index is 0.181. The molecule has 3 heterocycles. The first kappa shape index (κ1) is 27.2. The van der Waals surface area contributed by atoms with Crippen molar-refractivity contribution in [3.8, 4) is 0 Å². The molecule has 8 heteroatoms. The molecule has 0 aromatic heterocycles. The minimum atomic E-state index is -1.21. The summed E-state index contributed by atoms with van der Waals surface area (Å²) in [5.74, 6) is -2.88. The van der Waals surface area contributed by atoms with Crippen molar-refractivity contribution in [3.63, 3.8) is 0 Å². The van der Waals surface area contributed by atoms with Gasteiger partial charge in [0, 0.05) is 12.2 Å². The fraction of sp³-hybridized carbons (Fsp3) is 0.364. The number of hydrogen-bond acceptors (Lipinski definition) is 6. The third-order valence-electron chi connectivity index (χ3n) is 8.85. The van der Waals surface area contributed by atoms with E-state index in [-0.39, 0.29) is 25.0 Å². The molecule has 1 N–H and O–H groups in total. The summed E-state index contributed by atoms with van der Waals surface area (Å²) >= 11 is 0. The van der Waals surface area contributed by atoms with Crippen LogP contribution in [0.5, 0.6) is 0 Å². The number of aliphatic hydroxyl groups excluding tert-OH is 1. The number of carbonyl (C=O) groups excluding carboxylic acids is 3. The largest absolute Gasteiger partial charge is 0.466 e. The Kier molecular flexibility index (Phi) is 7.13. The molecular weight excluding hydrogens is 520 g/mol. The average Bonchev–Trinajstić information content (AvgIpc) is 3.64. The van der Waals surface area contributed by atoms with Crippen LogP contribution >= 0.6 is 0 Å². The summed E-state index contributed by atoms with van der Waals surface area (Å²) < 4.78 is 11.9. The van der Waals surface area contributed by atoms with Gasteiger partial charge in [0.1, 0.15) is 11.6 Å². The fourth-order valence-corrected chi connectivity index (χ4v) is 7.19. The van der Waals surface area contributed by atoms with Crippen LogP contribution in [-0.4, -0.2) is 65.3 Å². The number of esters is 1. The molecule has 41 heavy (non-hydrogen) atoms. The predicted octanol–water partition coefficient (Wildman–Crippen LogP) is 4.03. The van der Waals surface area contributed by atoms with Gasteiger partial charge in [0.25, 0.3) is 5.91 Å². The van der Waals surface area contributed by atoms with E-state index in [1.54, 1.807) is 17.9 Å². The molecule has 0 radical (unpaired) electrons. The van der Waals surface area contributed by atoms with Gasteiger partial charge in [-0.1, -0.05) is 66.7 Å². The molecule has 6 rings (SSSR count). The number of ether oxygens (including phenoxy) is 2. The molecule has 6 atom stereocenters. The first-order chi connectivity index (χ1) is 19.9. The van der Waals surface area contributed by atoms with Crippen LogP contribution in [0.15, 0.2) is 85.5 Å². The second-order valence-corrected chi connectivity index (χ2v) is 10.9. The Balaban J connectivity index is 1.48. The van der Waals surface area contributed by atoms with Crippen LogP contribution < -0.4 is 4.90 Å². The molecule has 0 aliphatic carbocycles. The van der Waals surface area contributed by atoms with Crippen molar-refractivity contribution >= 4 is 34.2 Å². The molecule has 3 fully saturated rings. The monoisotopic (exact) mass is 554 g/mol. The molecule has 8 nitrogen and oxygen atoms in total. The van der Waals surface area contributed by atoms with Gasteiger partial charge in [-0.2, -0.15) is 0 Å². The Hall–Kier alpha value is -4.01. The second kappa shape index (κ2) is 10.8. The zero-order valence-electron chi connectivity index (χ0n) is 23.0. The van der Waals surface area contributed by atoms with Gasteiger partial charge >= 0.3 is 5.97 Å². The van der Waals surface area contributed by atoms with Crippen LogP contribution in [0.2, 0.25) is 0 Å². The van der Waals surface area contributed by atoms with Crippen LogP contribution in [-0.2, 0) is 23.9 Å². The highest BCUT2D eigenvalue weighted by Crippen LogP contribution is 2.60. The molecule has 1 spiro atoms. The molecular formula is C33H34N2O6. The zero-order valence-corrected chi connectivity index (χ0v) is 23.0. The van der Waals surface area contributed by atoms with Crippen LogP contribution in [0, 0.1) is 11.8 Å². The van der Waals surface area contributed by atoms with Crippen molar-refractivity contribution in [1.29, 1.82) is 0 Å². The van der Waals surface area contributed by atoms with Crippen molar-refractivity contribution < 1.29 is 29.0 Å². The number of hydrogen-bond donors (Lipinski definition) is 1. The van der Waals surface area contributed by atoms with E-state index in [2.05, 4.69) is 6.58 Å². The highest BCUT2D eigenvalue weighted by Gasteiger charge is 2.75. The fourth-order valence-electron chi connectivity index (χ4n) is 7.19. The number of carbonyl (C=O) groups is 3. The lowest BCUT2D eigenvalue weighted by Crippen LogP contribution is -2.57. The van der Waals surface area contributed by atoms with Crippen LogP contribution in [0.1, 0.15) is 31.4 Å². The lowest BCUT2D eigenvalue weighted by atomic mass is 9.70. The third-order valence-corrected chi connectivity index (χ3v) is 8.85. The van der Waals surface area contributed by atoms with Gasteiger partial charge in [0.2, 0.25) is 5.91 Å². The maximum atomic E-state index is 14.8. The summed E-state index contributed by atoms with van der Waals surface area (Å²) in [6, 6.07) is 21.0. The Labute approximate surface area is 239 Å². The summed E-state index contributed by atoms with van der Waals surface area (Å²) in [6.45, 7) is 5.61. The standard InChI is InChI=1S/C33H34N2O6/c1-3-18-34(24-15-14-21-10-8-9-13-23(21)19-24)31(38)29-33-17-16-26(41-33)27(32(39)40-4-2)28(33)30(37)35(29)25(20-36)22-11-6-5-7-12-22/h3,5-15,19,25-29,36H,1,4,16-18,20H2,2H3/t25-,26+,27-,28-,29+,33-/m1/s1.